The third-order valence-electron chi connectivity index (χ3n) is 5.15. The molecule has 0 saturated carbocycles. The Morgan fingerprint density at radius 3 is 2.52 bits per heavy atom. The molecule has 1 heterocycles. The van der Waals surface area contributed by atoms with Crippen LogP contribution in [0.5, 0.6) is 0 Å². The van der Waals surface area contributed by atoms with E-state index in [9.17, 15) is 13.6 Å². The van der Waals surface area contributed by atoms with Crippen LogP contribution in [0, 0.1) is 11.6 Å². The molecule has 0 aliphatic carbocycles. The molecule has 2 aromatic carbocycles. The molecule has 1 fully saturated rings. The van der Waals surface area contributed by atoms with E-state index in [2.05, 4.69) is 20.5 Å². The molecule has 168 valence electrons. The minimum absolute atomic E-state index is 0. The smallest absolute Gasteiger partial charge is 0.251 e. The average molecular weight is 543 g/mol. The highest BCUT2D eigenvalue weighted by Gasteiger charge is 2.22. The second-order valence-corrected chi connectivity index (χ2v) is 7.07. The number of hydrogen-bond acceptors (Lipinski definition) is 3. The SMILES string of the molecule is CN=C(NCCc1cccc(C(=O)NC)c1)N1CCN(c2cc(F)ccc2F)CC1.I. The maximum atomic E-state index is 14.0. The largest absolute Gasteiger partial charge is 0.366 e. The highest BCUT2D eigenvalue weighted by Crippen LogP contribution is 2.21. The van der Waals surface area contributed by atoms with E-state index in [1.165, 1.54) is 6.07 Å². The van der Waals surface area contributed by atoms with Crippen LogP contribution in [0.2, 0.25) is 0 Å². The molecule has 2 N–H and O–H groups in total. The van der Waals surface area contributed by atoms with Crippen molar-refractivity contribution in [3.63, 3.8) is 0 Å². The standard InChI is InChI=1S/C22H27F2N5O.HI/c1-25-21(30)17-5-3-4-16(14-17)8-9-27-22(26-2)29-12-10-28(11-13-29)20-15-18(23)6-7-19(20)24;/h3-7,14-15H,8-13H2,1-2H3,(H,25,30)(H,26,27);1H. The van der Waals surface area contributed by atoms with E-state index in [1.54, 1.807) is 20.2 Å². The lowest BCUT2D eigenvalue weighted by Gasteiger charge is -2.37. The second kappa shape index (κ2) is 11.8. The lowest BCUT2D eigenvalue weighted by Crippen LogP contribution is -2.53. The molecule has 1 aliphatic rings. The topological polar surface area (TPSA) is 60.0 Å². The average Bonchev–Trinajstić information content (AvgIpc) is 2.78. The number of nitrogens with one attached hydrogen (secondary N) is 2. The molecule has 6 nitrogen and oxygen atoms in total. The summed E-state index contributed by atoms with van der Waals surface area (Å²) in [4.78, 5) is 20.1. The number of piperazine rings is 1. The summed E-state index contributed by atoms with van der Waals surface area (Å²) < 4.78 is 27.5. The molecule has 0 aromatic heterocycles. The molecule has 0 spiro atoms. The van der Waals surface area contributed by atoms with Crippen LogP contribution in [-0.2, 0) is 6.42 Å². The molecular weight excluding hydrogens is 515 g/mol. The first-order valence-electron chi connectivity index (χ1n) is 9.98. The first-order chi connectivity index (χ1) is 14.5. The Labute approximate surface area is 198 Å². The van der Waals surface area contributed by atoms with E-state index >= 15 is 0 Å². The first-order valence-corrected chi connectivity index (χ1v) is 9.98. The highest BCUT2D eigenvalue weighted by atomic mass is 127. The molecular formula is C22H28F2IN5O. The fourth-order valence-electron chi connectivity index (χ4n) is 3.55. The van der Waals surface area contributed by atoms with Gasteiger partial charge in [0, 0.05) is 58.4 Å². The number of amides is 1. The number of hydrogen-bond donors (Lipinski definition) is 2. The predicted molar refractivity (Wildman–Crippen MR) is 130 cm³/mol. The van der Waals surface area contributed by atoms with Crippen LogP contribution in [0.25, 0.3) is 0 Å². The van der Waals surface area contributed by atoms with Crippen LogP contribution in [-0.4, -0.2) is 63.6 Å². The number of carbonyl (C=O) groups excluding carboxylic acids is 1. The van der Waals surface area contributed by atoms with Gasteiger partial charge in [-0.3, -0.25) is 9.79 Å². The maximum Gasteiger partial charge on any atom is 0.251 e. The van der Waals surface area contributed by atoms with Gasteiger partial charge < -0.3 is 20.4 Å². The lowest BCUT2D eigenvalue weighted by atomic mass is 10.1. The van der Waals surface area contributed by atoms with E-state index in [0.29, 0.717) is 44.0 Å². The Hall–Kier alpha value is -2.43. The zero-order valence-corrected chi connectivity index (χ0v) is 20.0. The molecule has 1 saturated heterocycles. The fraction of sp³-hybridized carbons (Fsp3) is 0.364. The van der Waals surface area contributed by atoms with Crippen LogP contribution >= 0.6 is 24.0 Å². The maximum absolute atomic E-state index is 14.0. The van der Waals surface area contributed by atoms with Crippen LogP contribution in [0.15, 0.2) is 47.5 Å². The van der Waals surface area contributed by atoms with Gasteiger partial charge in [-0.05, 0) is 36.2 Å². The van der Waals surface area contributed by atoms with Crippen molar-refractivity contribution in [1.82, 2.24) is 15.5 Å². The van der Waals surface area contributed by atoms with Crippen LogP contribution in [0.1, 0.15) is 15.9 Å². The Kier molecular flexibility index (Phi) is 9.47. The monoisotopic (exact) mass is 543 g/mol. The Balaban J connectivity index is 0.00000341. The number of guanidine groups is 1. The number of anilines is 1. The van der Waals surface area contributed by atoms with Gasteiger partial charge in [-0.15, -0.1) is 24.0 Å². The second-order valence-electron chi connectivity index (χ2n) is 7.07. The van der Waals surface area contributed by atoms with Gasteiger partial charge in [0.05, 0.1) is 5.69 Å². The van der Waals surface area contributed by atoms with Crippen molar-refractivity contribution in [3.05, 3.63) is 65.2 Å². The third kappa shape index (κ3) is 6.52. The van der Waals surface area contributed by atoms with Crippen LogP contribution in [0.4, 0.5) is 14.5 Å². The van der Waals surface area contributed by atoms with Gasteiger partial charge in [-0.1, -0.05) is 12.1 Å². The Morgan fingerprint density at radius 1 is 1.10 bits per heavy atom. The van der Waals surface area contributed by atoms with E-state index in [-0.39, 0.29) is 29.9 Å². The van der Waals surface area contributed by atoms with Gasteiger partial charge in [-0.2, -0.15) is 0 Å². The number of benzene rings is 2. The quantitative estimate of drug-likeness (QED) is 0.346. The summed E-state index contributed by atoms with van der Waals surface area (Å²) in [5.41, 5.74) is 2.00. The zero-order chi connectivity index (χ0) is 21.5. The van der Waals surface area contributed by atoms with Crippen molar-refractivity contribution in [2.45, 2.75) is 6.42 Å². The highest BCUT2D eigenvalue weighted by molar-refractivity contribution is 14.0. The minimum atomic E-state index is -0.438. The van der Waals surface area contributed by atoms with Crippen LogP contribution in [0.3, 0.4) is 0 Å². The van der Waals surface area contributed by atoms with Crippen molar-refractivity contribution in [2.75, 3.05) is 51.7 Å². The number of aliphatic imine (C=N–C) groups is 1. The van der Waals surface area contributed by atoms with Crippen LogP contribution < -0.4 is 15.5 Å². The number of halogens is 3. The van der Waals surface area contributed by atoms with Gasteiger partial charge in [0.15, 0.2) is 5.96 Å². The lowest BCUT2D eigenvalue weighted by molar-refractivity contribution is 0.0963. The first kappa shape index (κ1) is 24.8. The summed E-state index contributed by atoms with van der Waals surface area (Å²) in [6.07, 6.45) is 0.748. The molecule has 31 heavy (non-hydrogen) atoms. The summed E-state index contributed by atoms with van der Waals surface area (Å²) in [7, 11) is 3.34. The summed E-state index contributed by atoms with van der Waals surface area (Å²) in [5.74, 6) is -0.178. The fourth-order valence-corrected chi connectivity index (χ4v) is 3.55. The van der Waals surface area contributed by atoms with Crippen molar-refractivity contribution in [2.24, 2.45) is 4.99 Å². The Bertz CT molecular complexity index is 917. The van der Waals surface area contributed by atoms with Crippen molar-refractivity contribution < 1.29 is 13.6 Å². The molecule has 9 heteroatoms. The van der Waals surface area contributed by atoms with E-state index in [1.807, 2.05) is 23.1 Å². The van der Waals surface area contributed by atoms with Gasteiger partial charge in [-0.25, -0.2) is 8.78 Å². The van der Waals surface area contributed by atoms with E-state index in [0.717, 1.165) is 30.1 Å². The number of carbonyl (C=O) groups is 1. The molecule has 3 rings (SSSR count). The van der Waals surface area contributed by atoms with Gasteiger partial charge >= 0.3 is 0 Å². The summed E-state index contributed by atoms with van der Waals surface area (Å²) in [6, 6.07) is 11.1. The van der Waals surface area contributed by atoms with Crippen molar-refractivity contribution in [1.29, 1.82) is 0 Å². The zero-order valence-electron chi connectivity index (χ0n) is 17.7. The number of nitrogens with zero attached hydrogens (tertiary/aromatic N) is 3. The summed E-state index contributed by atoms with van der Waals surface area (Å²) in [6.45, 7) is 3.14. The molecule has 0 radical (unpaired) electrons. The predicted octanol–water partition coefficient (Wildman–Crippen LogP) is 2.88. The van der Waals surface area contributed by atoms with Crippen molar-refractivity contribution >= 4 is 41.5 Å². The molecule has 0 bridgehead atoms. The van der Waals surface area contributed by atoms with Crippen molar-refractivity contribution in [3.8, 4) is 0 Å². The van der Waals surface area contributed by atoms with Gasteiger partial charge in [0.25, 0.3) is 5.91 Å². The molecule has 1 amide bonds. The minimum Gasteiger partial charge on any atom is -0.366 e. The van der Waals surface area contributed by atoms with E-state index < -0.39 is 11.6 Å². The Morgan fingerprint density at radius 2 is 1.84 bits per heavy atom. The molecule has 0 atom stereocenters. The third-order valence-corrected chi connectivity index (χ3v) is 5.15. The molecule has 0 unspecified atom stereocenters. The molecule has 1 aliphatic heterocycles. The van der Waals surface area contributed by atoms with Gasteiger partial charge in [0.1, 0.15) is 11.6 Å². The summed E-state index contributed by atoms with van der Waals surface area (Å²) >= 11 is 0. The van der Waals surface area contributed by atoms with E-state index in [4.69, 9.17) is 0 Å². The normalized spacial score (nSPS) is 14.1. The summed E-state index contributed by atoms with van der Waals surface area (Å²) in [5, 5.41) is 5.98. The number of rotatable bonds is 5. The molecule has 2 aromatic rings. The van der Waals surface area contributed by atoms with Gasteiger partial charge in [0.2, 0.25) is 0 Å².